The van der Waals surface area contributed by atoms with Crippen molar-refractivity contribution in [2.45, 2.75) is 24.4 Å². The maximum absolute atomic E-state index is 12.1. The van der Waals surface area contributed by atoms with E-state index < -0.39 is 9.84 Å². The second kappa shape index (κ2) is 7.79. The zero-order valence-corrected chi connectivity index (χ0v) is 17.3. The van der Waals surface area contributed by atoms with Gasteiger partial charge in [0.15, 0.2) is 9.84 Å². The van der Waals surface area contributed by atoms with Crippen LogP contribution >= 0.6 is 24.0 Å². The fourth-order valence-corrected chi connectivity index (χ4v) is 4.71. The highest BCUT2D eigenvalue weighted by atomic mass is 127. The van der Waals surface area contributed by atoms with Crippen LogP contribution in [0.25, 0.3) is 0 Å². The standard InChI is InChI=1S/C19H19N3O2S.HI/c23-25(24)11-8-16-6-7-17(12-18(16)25)21-13-19-20-9-10-22(19)14-15-4-2-1-3-5-15;/h1-7,9-10,12,21H,8,11,13-14H2;1H. The average Bonchev–Trinajstić information content (AvgIpc) is 3.18. The number of sulfone groups is 1. The summed E-state index contributed by atoms with van der Waals surface area (Å²) in [7, 11) is -3.11. The van der Waals surface area contributed by atoms with Crippen molar-refractivity contribution in [1.29, 1.82) is 0 Å². The lowest BCUT2D eigenvalue weighted by atomic mass is 10.1. The zero-order valence-electron chi connectivity index (χ0n) is 14.1. The Kier molecular flexibility index (Phi) is 5.67. The van der Waals surface area contributed by atoms with Crippen molar-refractivity contribution in [2.24, 2.45) is 0 Å². The minimum absolute atomic E-state index is 0. The third kappa shape index (κ3) is 3.93. The lowest BCUT2D eigenvalue weighted by molar-refractivity contribution is 0.600. The molecule has 1 aliphatic heterocycles. The van der Waals surface area contributed by atoms with Gasteiger partial charge in [-0.3, -0.25) is 0 Å². The molecule has 7 heteroatoms. The van der Waals surface area contributed by atoms with Gasteiger partial charge in [-0.15, -0.1) is 24.0 Å². The van der Waals surface area contributed by atoms with Crippen LogP contribution in [0.2, 0.25) is 0 Å². The summed E-state index contributed by atoms with van der Waals surface area (Å²) in [6.45, 7) is 1.30. The predicted octanol–water partition coefficient (Wildman–Crippen LogP) is 3.49. The number of fused-ring (bicyclic) bond motifs is 1. The molecule has 0 amide bonds. The Morgan fingerprint density at radius 2 is 1.92 bits per heavy atom. The van der Waals surface area contributed by atoms with Crippen molar-refractivity contribution in [3.05, 3.63) is 77.9 Å². The molecule has 4 rings (SSSR count). The number of anilines is 1. The summed E-state index contributed by atoms with van der Waals surface area (Å²) in [5.41, 5.74) is 2.93. The molecule has 1 N–H and O–H groups in total. The average molecular weight is 481 g/mol. The number of aromatic nitrogens is 2. The van der Waals surface area contributed by atoms with Gasteiger partial charge in [0, 0.05) is 24.6 Å². The Hall–Kier alpha value is -1.87. The van der Waals surface area contributed by atoms with Crippen LogP contribution in [0.3, 0.4) is 0 Å². The van der Waals surface area contributed by atoms with Crippen molar-refractivity contribution in [1.82, 2.24) is 9.55 Å². The lowest BCUT2D eigenvalue weighted by Gasteiger charge is -2.11. The van der Waals surface area contributed by atoms with Gasteiger partial charge in [-0.25, -0.2) is 13.4 Å². The van der Waals surface area contributed by atoms with E-state index in [9.17, 15) is 8.42 Å². The van der Waals surface area contributed by atoms with E-state index in [-0.39, 0.29) is 29.7 Å². The molecule has 26 heavy (non-hydrogen) atoms. The molecule has 0 spiro atoms. The molecule has 136 valence electrons. The summed E-state index contributed by atoms with van der Waals surface area (Å²) in [5.74, 6) is 1.12. The van der Waals surface area contributed by atoms with Crippen molar-refractivity contribution in [3.8, 4) is 0 Å². The summed E-state index contributed by atoms with van der Waals surface area (Å²) in [4.78, 5) is 4.87. The van der Waals surface area contributed by atoms with Crippen molar-refractivity contribution >= 4 is 39.5 Å². The number of nitrogens with zero attached hydrogens (tertiary/aromatic N) is 2. The van der Waals surface area contributed by atoms with E-state index in [1.165, 1.54) is 5.56 Å². The molecule has 2 aromatic carbocycles. The van der Waals surface area contributed by atoms with E-state index >= 15 is 0 Å². The molecule has 0 saturated carbocycles. The molecule has 0 saturated heterocycles. The van der Waals surface area contributed by atoms with Crippen molar-refractivity contribution in [2.75, 3.05) is 11.1 Å². The SMILES string of the molecule is I.O=S1(=O)CCc2ccc(NCc3nccn3Cc3ccccc3)cc21. The zero-order chi connectivity index (χ0) is 17.3. The molecule has 3 aromatic rings. The van der Waals surface area contributed by atoms with E-state index in [1.54, 1.807) is 12.3 Å². The van der Waals surface area contributed by atoms with Gasteiger partial charge in [-0.05, 0) is 29.7 Å². The van der Waals surface area contributed by atoms with Crippen LogP contribution in [-0.2, 0) is 29.3 Å². The highest BCUT2D eigenvalue weighted by Gasteiger charge is 2.26. The summed E-state index contributed by atoms with van der Waals surface area (Å²) in [5, 5.41) is 3.29. The number of aryl methyl sites for hydroxylation is 1. The van der Waals surface area contributed by atoms with Crippen molar-refractivity contribution < 1.29 is 8.42 Å². The predicted molar refractivity (Wildman–Crippen MR) is 113 cm³/mol. The highest BCUT2D eigenvalue weighted by Crippen LogP contribution is 2.28. The van der Waals surface area contributed by atoms with E-state index in [2.05, 4.69) is 27.0 Å². The van der Waals surface area contributed by atoms with Crippen LogP contribution in [0, 0.1) is 0 Å². The molecule has 2 heterocycles. The molecule has 1 aromatic heterocycles. The van der Waals surface area contributed by atoms with Gasteiger partial charge < -0.3 is 9.88 Å². The second-order valence-electron chi connectivity index (χ2n) is 6.20. The molecule has 0 bridgehead atoms. The number of imidazole rings is 1. The Morgan fingerprint density at radius 1 is 1.12 bits per heavy atom. The Balaban J connectivity index is 0.00000196. The maximum Gasteiger partial charge on any atom is 0.179 e. The fraction of sp³-hybridized carbons (Fsp3) is 0.211. The van der Waals surface area contributed by atoms with E-state index in [1.807, 2.05) is 36.5 Å². The first-order valence-corrected chi connectivity index (χ1v) is 9.90. The van der Waals surface area contributed by atoms with E-state index in [0.29, 0.717) is 17.9 Å². The summed E-state index contributed by atoms with van der Waals surface area (Å²) in [6.07, 6.45) is 4.35. The maximum atomic E-state index is 12.1. The van der Waals surface area contributed by atoms with Gasteiger partial charge in [0.05, 0.1) is 17.2 Å². The largest absolute Gasteiger partial charge is 0.378 e. The number of nitrogens with one attached hydrogen (secondary N) is 1. The van der Waals surface area contributed by atoms with Gasteiger partial charge >= 0.3 is 0 Å². The highest BCUT2D eigenvalue weighted by molar-refractivity contribution is 14.0. The van der Waals surface area contributed by atoms with Gasteiger partial charge in [0.25, 0.3) is 0 Å². The Labute approximate surface area is 170 Å². The number of hydrogen-bond donors (Lipinski definition) is 1. The molecule has 1 aliphatic rings. The first-order valence-electron chi connectivity index (χ1n) is 8.25. The van der Waals surface area contributed by atoms with Crippen molar-refractivity contribution in [3.63, 3.8) is 0 Å². The number of hydrogen-bond acceptors (Lipinski definition) is 4. The Morgan fingerprint density at radius 3 is 2.73 bits per heavy atom. The van der Waals surface area contributed by atoms with Crippen LogP contribution < -0.4 is 5.32 Å². The summed E-state index contributed by atoms with van der Waals surface area (Å²) < 4.78 is 26.2. The lowest BCUT2D eigenvalue weighted by Crippen LogP contribution is -2.09. The first kappa shape index (κ1) is 18.9. The smallest absolute Gasteiger partial charge is 0.179 e. The molecule has 0 radical (unpaired) electrons. The van der Waals surface area contributed by atoms with E-state index in [0.717, 1.165) is 23.6 Å². The molecule has 0 atom stereocenters. The first-order chi connectivity index (χ1) is 12.1. The molecule has 5 nitrogen and oxygen atoms in total. The third-order valence-corrected chi connectivity index (χ3v) is 6.28. The van der Waals surface area contributed by atoms with Crippen LogP contribution in [-0.4, -0.2) is 23.7 Å². The van der Waals surface area contributed by atoms with Gasteiger partial charge in [0.2, 0.25) is 0 Å². The third-order valence-electron chi connectivity index (χ3n) is 4.49. The van der Waals surface area contributed by atoms with Gasteiger partial charge in [-0.2, -0.15) is 0 Å². The number of rotatable bonds is 5. The van der Waals surface area contributed by atoms with Gasteiger partial charge in [-0.1, -0.05) is 36.4 Å². The monoisotopic (exact) mass is 481 g/mol. The quantitative estimate of drug-likeness (QED) is 0.567. The minimum atomic E-state index is -3.11. The molecular weight excluding hydrogens is 461 g/mol. The molecule has 0 unspecified atom stereocenters. The summed E-state index contributed by atoms with van der Waals surface area (Å²) in [6, 6.07) is 15.8. The Bertz CT molecular complexity index is 1000. The topological polar surface area (TPSA) is 64.0 Å². The minimum Gasteiger partial charge on any atom is -0.378 e. The molecule has 0 fully saturated rings. The molecular formula is C19H20IN3O2S. The summed E-state index contributed by atoms with van der Waals surface area (Å²) >= 11 is 0. The van der Waals surface area contributed by atoms with Crippen LogP contribution in [0.4, 0.5) is 5.69 Å². The number of benzene rings is 2. The van der Waals surface area contributed by atoms with Crippen LogP contribution in [0.5, 0.6) is 0 Å². The number of halogens is 1. The second-order valence-corrected chi connectivity index (χ2v) is 8.28. The fourth-order valence-electron chi connectivity index (χ4n) is 3.13. The molecule has 0 aliphatic carbocycles. The van der Waals surface area contributed by atoms with E-state index in [4.69, 9.17) is 0 Å². The van der Waals surface area contributed by atoms with Gasteiger partial charge in [0.1, 0.15) is 5.82 Å². The van der Waals surface area contributed by atoms with Crippen LogP contribution in [0.1, 0.15) is 17.0 Å². The normalized spacial score (nSPS) is 14.5. The van der Waals surface area contributed by atoms with Crippen LogP contribution in [0.15, 0.2) is 65.8 Å².